The Bertz CT molecular complexity index is 992. The van der Waals surface area contributed by atoms with E-state index in [0.29, 0.717) is 53.3 Å². The molecule has 0 fully saturated rings. The lowest BCUT2D eigenvalue weighted by Crippen LogP contribution is -2.27. The molecule has 184 valence electrons. The van der Waals surface area contributed by atoms with E-state index >= 15 is 0 Å². The molecule has 0 saturated heterocycles. The molecule has 0 heterocycles. The van der Waals surface area contributed by atoms with E-state index in [9.17, 15) is 8.42 Å². The molecule has 33 heavy (non-hydrogen) atoms. The number of halogens is 8. The van der Waals surface area contributed by atoms with Crippen molar-refractivity contribution < 1.29 is 17.9 Å². The molecule has 0 saturated carbocycles. The highest BCUT2D eigenvalue weighted by Crippen LogP contribution is 2.41. The van der Waals surface area contributed by atoms with Gasteiger partial charge in [-0.05, 0) is 102 Å². The fraction of sp³-hybridized carbons (Fsp3) is 0.400. The molecule has 0 spiro atoms. The molecule has 0 amide bonds. The summed E-state index contributed by atoms with van der Waals surface area (Å²) in [6.07, 6.45) is 0. The molecule has 13 heteroatoms. The van der Waals surface area contributed by atoms with Crippen LogP contribution in [0.5, 0.6) is 11.5 Å². The number of hydrogen-bond acceptors (Lipinski definition) is 4. The van der Waals surface area contributed by atoms with Gasteiger partial charge in [0.15, 0.2) is 0 Å². The molecule has 0 aromatic heterocycles. The van der Waals surface area contributed by atoms with Gasteiger partial charge in [-0.2, -0.15) is 0 Å². The molecule has 0 N–H and O–H groups in total. The van der Waals surface area contributed by atoms with Crippen LogP contribution in [0.2, 0.25) is 0 Å². The lowest BCUT2D eigenvalue weighted by Gasteiger charge is -2.22. The fourth-order valence-corrected chi connectivity index (χ4v) is 7.67. The summed E-state index contributed by atoms with van der Waals surface area (Å²) in [4.78, 5) is 0.242. The molecular formula is C20H18Br8O4S. The zero-order valence-electron chi connectivity index (χ0n) is 17.2. The Labute approximate surface area is 261 Å². The highest BCUT2D eigenvalue weighted by Gasteiger charge is 2.26. The summed E-state index contributed by atoms with van der Waals surface area (Å²) in [7, 11) is -3.82. The Morgan fingerprint density at radius 3 is 1.21 bits per heavy atom. The third kappa shape index (κ3) is 8.41. The maximum Gasteiger partial charge on any atom is 0.206 e. The largest absolute Gasteiger partial charge is 0.490 e. The van der Waals surface area contributed by atoms with Gasteiger partial charge in [0.1, 0.15) is 24.7 Å². The summed E-state index contributed by atoms with van der Waals surface area (Å²) in [5.74, 6) is 1.05. The predicted molar refractivity (Wildman–Crippen MR) is 162 cm³/mol. The first kappa shape index (κ1) is 31.1. The third-order valence-electron chi connectivity index (χ3n) is 4.16. The minimum absolute atomic E-state index is 0.121. The van der Waals surface area contributed by atoms with E-state index < -0.39 is 9.84 Å². The van der Waals surface area contributed by atoms with Gasteiger partial charge in [0.25, 0.3) is 0 Å². The third-order valence-corrected chi connectivity index (χ3v) is 13.2. The van der Waals surface area contributed by atoms with Gasteiger partial charge >= 0.3 is 0 Å². The monoisotopic (exact) mass is 985 g/mol. The molecule has 0 bridgehead atoms. The minimum atomic E-state index is -3.82. The van der Waals surface area contributed by atoms with Crippen molar-refractivity contribution in [2.45, 2.75) is 32.3 Å². The Morgan fingerprint density at radius 2 is 0.970 bits per heavy atom. The van der Waals surface area contributed by atoms with Crippen molar-refractivity contribution in [3.63, 3.8) is 0 Å². The lowest BCUT2D eigenvalue weighted by atomic mass is 10.2. The van der Waals surface area contributed by atoms with Crippen molar-refractivity contribution in [2.24, 2.45) is 0 Å². The van der Waals surface area contributed by atoms with E-state index in [1.54, 1.807) is 0 Å². The summed E-state index contributed by atoms with van der Waals surface area (Å²) in [6.45, 7) is 4.74. The zero-order chi connectivity index (χ0) is 25.2. The molecule has 0 aliphatic heterocycles. The summed E-state index contributed by atoms with van der Waals surface area (Å²) < 4.78 is 40.2. The zero-order valence-corrected chi connectivity index (χ0v) is 30.7. The van der Waals surface area contributed by atoms with Crippen LogP contribution in [0, 0.1) is 0 Å². The summed E-state index contributed by atoms with van der Waals surface area (Å²) in [5, 5.41) is 1.38. The Morgan fingerprint density at radius 1 is 0.697 bits per heavy atom. The van der Waals surface area contributed by atoms with Crippen LogP contribution in [0.3, 0.4) is 0 Å². The molecule has 2 aromatic carbocycles. The van der Waals surface area contributed by atoms with E-state index in [-0.39, 0.29) is 18.4 Å². The predicted octanol–water partition coefficient (Wildman–Crippen LogP) is 9.42. The Balaban J connectivity index is 2.38. The van der Waals surface area contributed by atoms with E-state index in [2.05, 4.69) is 127 Å². The molecule has 2 rings (SSSR count). The topological polar surface area (TPSA) is 52.6 Å². The van der Waals surface area contributed by atoms with Crippen LogP contribution >= 0.6 is 127 Å². The maximum atomic E-state index is 13.4. The van der Waals surface area contributed by atoms with Crippen molar-refractivity contribution >= 4 is 137 Å². The highest BCUT2D eigenvalue weighted by molar-refractivity contribution is 9.13. The smallest absolute Gasteiger partial charge is 0.206 e. The number of ether oxygens (including phenoxy) is 2. The fourth-order valence-electron chi connectivity index (χ4n) is 2.32. The lowest BCUT2D eigenvalue weighted by molar-refractivity contribution is 0.289. The van der Waals surface area contributed by atoms with Gasteiger partial charge in [-0.25, -0.2) is 8.42 Å². The van der Waals surface area contributed by atoms with Gasteiger partial charge in [0, 0.05) is 10.7 Å². The van der Waals surface area contributed by atoms with Crippen molar-refractivity contribution in [3.8, 4) is 11.5 Å². The van der Waals surface area contributed by atoms with Crippen LogP contribution < -0.4 is 9.47 Å². The summed E-state index contributed by atoms with van der Waals surface area (Å²) in [5.41, 5.74) is 0. The average Bonchev–Trinajstić information content (AvgIpc) is 2.72. The van der Waals surface area contributed by atoms with E-state index in [1.807, 2.05) is 13.8 Å². The quantitative estimate of drug-likeness (QED) is 0.223. The van der Waals surface area contributed by atoms with Gasteiger partial charge in [-0.1, -0.05) is 63.7 Å². The van der Waals surface area contributed by atoms with Gasteiger partial charge < -0.3 is 9.47 Å². The average molecular weight is 994 g/mol. The molecule has 4 nitrogen and oxygen atoms in total. The maximum absolute atomic E-state index is 13.4. The number of rotatable bonds is 10. The van der Waals surface area contributed by atoms with Crippen LogP contribution in [0.15, 0.2) is 51.9 Å². The number of alkyl halides is 4. The number of sulfone groups is 1. The second kappa shape index (κ2) is 12.6. The second-order valence-electron chi connectivity index (χ2n) is 7.61. The summed E-state index contributed by atoms with van der Waals surface area (Å²) >= 11 is 27.8. The first-order chi connectivity index (χ1) is 15.1. The highest BCUT2D eigenvalue weighted by atomic mass is 79.9. The van der Waals surface area contributed by atoms with Crippen LogP contribution in [-0.4, -0.2) is 40.9 Å². The molecular weight excluding hydrogens is 976 g/mol. The molecule has 2 aromatic rings. The van der Waals surface area contributed by atoms with Gasteiger partial charge in [0.2, 0.25) is 9.84 Å². The molecule has 0 radical (unpaired) electrons. The SMILES string of the molecule is CC(Br)(CBr)COc1c(Br)cc(S(=O)(=O)c2cc(Br)c(OCC(C)(Br)CBr)c(Br)c2)cc1Br. The van der Waals surface area contributed by atoms with Crippen LogP contribution in [0.1, 0.15) is 13.8 Å². The first-order valence-corrected chi connectivity index (χ1v) is 17.6. The van der Waals surface area contributed by atoms with Gasteiger partial charge in [-0.3, -0.25) is 0 Å². The Hall–Kier alpha value is 1.83. The van der Waals surface area contributed by atoms with Gasteiger partial charge in [-0.15, -0.1) is 0 Å². The van der Waals surface area contributed by atoms with Crippen LogP contribution in [0.4, 0.5) is 0 Å². The second-order valence-corrected chi connectivity index (χ2v) is 17.9. The standard InChI is InChI=1S/C20H18Br8O4S/c1-19(27,7-21)9-31-17-13(23)3-11(4-14(17)24)33(29,30)12-5-15(25)18(16(26)6-12)32-10-20(2,28)8-22/h3-6H,7-10H2,1-2H3. The first-order valence-electron chi connectivity index (χ1n) is 9.12. The molecule has 0 aliphatic rings. The van der Waals surface area contributed by atoms with Crippen molar-refractivity contribution in [2.75, 3.05) is 23.9 Å². The van der Waals surface area contributed by atoms with E-state index in [1.165, 1.54) is 24.3 Å². The normalized spacial score (nSPS) is 15.6. The molecule has 0 aliphatic carbocycles. The minimum Gasteiger partial charge on any atom is -0.490 e. The van der Waals surface area contributed by atoms with Crippen molar-refractivity contribution in [1.82, 2.24) is 0 Å². The molecule has 2 atom stereocenters. The van der Waals surface area contributed by atoms with Crippen LogP contribution in [0.25, 0.3) is 0 Å². The van der Waals surface area contributed by atoms with Crippen LogP contribution in [-0.2, 0) is 9.84 Å². The number of benzene rings is 2. The van der Waals surface area contributed by atoms with E-state index in [0.717, 1.165) is 0 Å². The van der Waals surface area contributed by atoms with Crippen molar-refractivity contribution in [3.05, 3.63) is 42.2 Å². The summed E-state index contributed by atoms with van der Waals surface area (Å²) in [6, 6.07) is 6.14. The Kier molecular flexibility index (Phi) is 11.8. The van der Waals surface area contributed by atoms with E-state index in [4.69, 9.17) is 9.47 Å². The van der Waals surface area contributed by atoms with Gasteiger partial charge in [0.05, 0.1) is 36.3 Å². The van der Waals surface area contributed by atoms with Crippen molar-refractivity contribution in [1.29, 1.82) is 0 Å². The number of hydrogen-bond donors (Lipinski definition) is 0. The molecule has 2 unspecified atom stereocenters.